The number of ketones is 2. The summed E-state index contributed by atoms with van der Waals surface area (Å²) >= 11 is 7.95. The molecule has 1 aromatic heterocycles. The number of esters is 1. The van der Waals surface area contributed by atoms with E-state index < -0.39 is 35.9 Å². The van der Waals surface area contributed by atoms with Gasteiger partial charge in [0.25, 0.3) is 0 Å². The fourth-order valence-corrected chi connectivity index (χ4v) is 7.66. The molecule has 1 spiro atoms. The van der Waals surface area contributed by atoms with E-state index in [0.29, 0.717) is 28.6 Å². The lowest BCUT2D eigenvalue weighted by Crippen LogP contribution is -2.49. The smallest absolute Gasteiger partial charge is 0.315 e. The van der Waals surface area contributed by atoms with Gasteiger partial charge >= 0.3 is 5.97 Å². The van der Waals surface area contributed by atoms with E-state index >= 15 is 4.39 Å². The Balaban J connectivity index is 1.26. The SMILES string of the molecule is Cc1nc2cc(C(=O)COC(=O)C3CN4C(=O)CC5(CC5)C4C4=C3C3=CC(=O)C=C(F)/C3=C(\Cl)C=NC4)ccc2s1. The number of carbonyl (C=O) groups is 4. The van der Waals surface area contributed by atoms with Crippen LogP contribution < -0.4 is 0 Å². The van der Waals surface area contributed by atoms with Crippen molar-refractivity contribution in [3.05, 3.63) is 74.1 Å². The highest BCUT2D eigenvalue weighted by Gasteiger charge is 2.62. The van der Waals surface area contributed by atoms with Crippen LogP contribution >= 0.6 is 22.9 Å². The van der Waals surface area contributed by atoms with Crippen LogP contribution in [-0.4, -0.2) is 65.3 Å². The average Bonchev–Trinajstić information content (AvgIpc) is 3.50. The summed E-state index contributed by atoms with van der Waals surface area (Å²) < 4.78 is 21.7. The van der Waals surface area contributed by atoms with Gasteiger partial charge in [0.2, 0.25) is 5.91 Å². The molecule has 11 heteroatoms. The van der Waals surface area contributed by atoms with E-state index in [1.807, 2.05) is 6.92 Å². The lowest BCUT2D eigenvalue weighted by Gasteiger charge is -2.41. The van der Waals surface area contributed by atoms with E-state index in [1.165, 1.54) is 23.6 Å². The van der Waals surface area contributed by atoms with E-state index in [9.17, 15) is 19.2 Å². The summed E-state index contributed by atoms with van der Waals surface area (Å²) in [6, 6.07) is 4.82. The fraction of sp³-hybridized carbons (Fsp3) is 0.333. The molecule has 2 atom stereocenters. The Kier molecular flexibility index (Phi) is 5.99. The van der Waals surface area contributed by atoms with Crippen molar-refractivity contribution in [3.8, 4) is 0 Å². The van der Waals surface area contributed by atoms with Gasteiger partial charge in [-0.2, -0.15) is 0 Å². The first-order chi connectivity index (χ1) is 19.6. The number of ether oxygens (including phenoxy) is 1. The molecule has 5 aliphatic rings. The second-order valence-electron chi connectivity index (χ2n) is 11.1. The number of carbonyl (C=O) groups excluding carboxylic acids is 4. The van der Waals surface area contributed by atoms with E-state index in [-0.39, 0.29) is 46.6 Å². The molecule has 4 heterocycles. The number of aromatic nitrogens is 1. The zero-order chi connectivity index (χ0) is 28.6. The average molecular weight is 592 g/mol. The molecule has 1 saturated heterocycles. The first kappa shape index (κ1) is 26.2. The number of thiazole rings is 1. The summed E-state index contributed by atoms with van der Waals surface area (Å²) in [5.41, 5.74) is 2.06. The van der Waals surface area contributed by atoms with Crippen LogP contribution in [-0.2, 0) is 19.1 Å². The topological polar surface area (TPSA) is 106 Å². The van der Waals surface area contributed by atoms with Crippen LogP contribution in [0.25, 0.3) is 10.2 Å². The molecule has 208 valence electrons. The molecule has 0 radical (unpaired) electrons. The Bertz CT molecular complexity index is 1760. The van der Waals surface area contributed by atoms with Gasteiger partial charge in [0.1, 0.15) is 11.7 Å². The molecule has 0 N–H and O–H groups in total. The lowest BCUT2D eigenvalue weighted by atomic mass is 9.74. The molecule has 3 aliphatic heterocycles. The van der Waals surface area contributed by atoms with Crippen LogP contribution in [0.2, 0.25) is 0 Å². The quantitative estimate of drug-likeness (QED) is 0.381. The van der Waals surface area contributed by atoms with Gasteiger partial charge in [-0.3, -0.25) is 24.2 Å². The minimum Gasteiger partial charge on any atom is -0.457 e. The van der Waals surface area contributed by atoms with Crippen molar-refractivity contribution in [1.29, 1.82) is 0 Å². The van der Waals surface area contributed by atoms with Gasteiger partial charge in [-0.1, -0.05) is 11.6 Å². The first-order valence-corrected chi connectivity index (χ1v) is 14.5. The molecule has 0 bridgehead atoms. The monoisotopic (exact) mass is 591 g/mol. The molecular weight excluding hydrogens is 569 g/mol. The molecular formula is C30H23ClFN3O5S. The maximum atomic E-state index is 15.2. The summed E-state index contributed by atoms with van der Waals surface area (Å²) in [7, 11) is 0. The molecule has 1 amide bonds. The van der Waals surface area contributed by atoms with Crippen LogP contribution in [0.3, 0.4) is 0 Å². The van der Waals surface area contributed by atoms with Gasteiger partial charge in [-0.05, 0) is 60.8 Å². The Labute approximate surface area is 242 Å². The Morgan fingerprint density at radius 2 is 2.05 bits per heavy atom. The van der Waals surface area contributed by atoms with Crippen LogP contribution in [0.1, 0.15) is 34.6 Å². The van der Waals surface area contributed by atoms with Crippen molar-refractivity contribution in [2.75, 3.05) is 19.7 Å². The molecule has 41 heavy (non-hydrogen) atoms. The number of benzene rings is 1. The van der Waals surface area contributed by atoms with Crippen LogP contribution in [0.15, 0.2) is 68.5 Å². The molecule has 7 rings (SSSR count). The van der Waals surface area contributed by atoms with Crippen LogP contribution in [0, 0.1) is 18.3 Å². The number of hydrogen-bond donors (Lipinski definition) is 0. The third kappa shape index (κ3) is 4.23. The summed E-state index contributed by atoms with van der Waals surface area (Å²) in [5.74, 6) is -3.68. The van der Waals surface area contributed by atoms with E-state index in [1.54, 1.807) is 23.1 Å². The van der Waals surface area contributed by atoms with E-state index in [2.05, 4.69) is 9.98 Å². The molecule has 2 aromatic rings. The second-order valence-corrected chi connectivity index (χ2v) is 12.7. The maximum absolute atomic E-state index is 15.2. The fourth-order valence-electron chi connectivity index (χ4n) is 6.60. The highest BCUT2D eigenvalue weighted by Crippen LogP contribution is 2.62. The number of aryl methyl sites for hydroxylation is 1. The van der Waals surface area contributed by atoms with Crippen LogP contribution in [0.4, 0.5) is 4.39 Å². The zero-order valence-electron chi connectivity index (χ0n) is 21.9. The first-order valence-electron chi connectivity index (χ1n) is 13.3. The summed E-state index contributed by atoms with van der Waals surface area (Å²) in [4.78, 5) is 62.9. The third-order valence-corrected chi connectivity index (χ3v) is 9.76. The Morgan fingerprint density at radius 3 is 2.83 bits per heavy atom. The van der Waals surface area contributed by atoms with Crippen molar-refractivity contribution < 1.29 is 28.3 Å². The van der Waals surface area contributed by atoms with Crippen molar-refractivity contribution in [1.82, 2.24) is 9.88 Å². The number of rotatable bonds is 4. The standard InChI is InChI=1S/C30H23ClFN3O5S/c1-14-34-22-6-15(2-3-24(22)41-14)23(37)13-40-29(39)19-12-35-25(38)9-30(4-5-30)28(35)18-10-33-11-20(31)27-17(26(18)19)7-16(36)8-21(27)32/h2-3,6-8,11,19,28H,4-5,9-10,12-13H2,1H3/b27-20-,33-11?. The number of Topliss-reactive ketones (excluding diaryl/α,β-unsaturated/α-hetero) is 1. The highest BCUT2D eigenvalue weighted by molar-refractivity contribution is 7.18. The van der Waals surface area contributed by atoms with Crippen LogP contribution in [0.5, 0.6) is 0 Å². The number of amides is 1. The molecule has 1 aromatic carbocycles. The van der Waals surface area contributed by atoms with E-state index in [0.717, 1.165) is 28.6 Å². The Hall–Kier alpha value is -3.76. The van der Waals surface area contributed by atoms with Gasteiger partial charge in [0, 0.05) is 41.8 Å². The normalized spacial score (nSPS) is 26.3. The van der Waals surface area contributed by atoms with Gasteiger partial charge in [-0.25, -0.2) is 9.37 Å². The molecule has 2 aliphatic carbocycles. The number of nitrogens with zero attached hydrogens (tertiary/aromatic N) is 3. The zero-order valence-corrected chi connectivity index (χ0v) is 23.5. The molecule has 2 fully saturated rings. The predicted molar refractivity (Wildman–Crippen MR) is 150 cm³/mol. The van der Waals surface area contributed by atoms with Crippen molar-refractivity contribution in [3.63, 3.8) is 0 Å². The van der Waals surface area contributed by atoms with Gasteiger partial charge in [0.05, 0.1) is 32.8 Å². The highest BCUT2D eigenvalue weighted by atomic mass is 35.5. The number of hydrogen-bond acceptors (Lipinski definition) is 8. The minimum atomic E-state index is -1.06. The number of aliphatic imine (C=N–C) groups is 1. The van der Waals surface area contributed by atoms with Gasteiger partial charge in [0.15, 0.2) is 18.2 Å². The Morgan fingerprint density at radius 1 is 1.24 bits per heavy atom. The second kappa shape index (κ2) is 9.39. The number of allylic oxidation sites excluding steroid dienone is 6. The van der Waals surface area contributed by atoms with Gasteiger partial charge in [-0.15, -0.1) is 11.3 Å². The summed E-state index contributed by atoms with van der Waals surface area (Å²) in [5, 5.41) is 0.879. The number of fused-ring (bicyclic) bond motifs is 6. The van der Waals surface area contributed by atoms with Crippen molar-refractivity contribution >= 4 is 62.8 Å². The molecule has 8 nitrogen and oxygen atoms in total. The third-order valence-electron chi connectivity index (χ3n) is 8.52. The van der Waals surface area contributed by atoms with Crippen molar-refractivity contribution in [2.24, 2.45) is 16.3 Å². The summed E-state index contributed by atoms with van der Waals surface area (Å²) in [6.07, 6.45) is 5.52. The number of halogens is 2. The largest absolute Gasteiger partial charge is 0.457 e. The van der Waals surface area contributed by atoms with E-state index in [4.69, 9.17) is 16.3 Å². The van der Waals surface area contributed by atoms with Gasteiger partial charge < -0.3 is 9.64 Å². The maximum Gasteiger partial charge on any atom is 0.315 e. The van der Waals surface area contributed by atoms with Crippen molar-refractivity contribution in [2.45, 2.75) is 32.2 Å². The summed E-state index contributed by atoms with van der Waals surface area (Å²) in [6.45, 7) is 1.48. The molecule has 1 saturated carbocycles. The molecule has 2 unspecified atom stereocenters. The lowest BCUT2D eigenvalue weighted by molar-refractivity contribution is -0.147. The minimum absolute atomic E-state index is 0.00470. The predicted octanol–water partition coefficient (Wildman–Crippen LogP) is 4.58.